The van der Waals surface area contributed by atoms with Gasteiger partial charge in [0.15, 0.2) is 0 Å². The molecular weight excluding hydrogens is 328 g/mol. The fourth-order valence-corrected chi connectivity index (χ4v) is 4.41. The van der Waals surface area contributed by atoms with Crippen molar-refractivity contribution in [3.05, 3.63) is 42.2 Å². The Labute approximate surface area is 153 Å². The maximum absolute atomic E-state index is 13.1. The standard InChI is InChI=1S/C20H24N4O2/c21-9-12-24-17-8-11-23(13-15(17)5-6-18(24)25)20(26)19-16-4-2-1-3-14(16)7-10-22-19/h1-4,7,10,15,17H,5-6,8-9,11-13,21H2/t15-,17+/m0/s1. The summed E-state index contributed by atoms with van der Waals surface area (Å²) in [5.74, 6) is 0.515. The van der Waals surface area contributed by atoms with Crippen LogP contribution in [0.25, 0.3) is 10.8 Å². The van der Waals surface area contributed by atoms with Crippen molar-refractivity contribution in [3.8, 4) is 0 Å². The fraction of sp³-hybridized carbons (Fsp3) is 0.450. The van der Waals surface area contributed by atoms with E-state index < -0.39 is 0 Å². The second kappa shape index (κ2) is 7.03. The number of nitrogens with two attached hydrogens (primary N) is 1. The van der Waals surface area contributed by atoms with Gasteiger partial charge in [0, 0.05) is 50.2 Å². The van der Waals surface area contributed by atoms with E-state index in [9.17, 15) is 9.59 Å². The number of aromatic nitrogens is 1. The summed E-state index contributed by atoms with van der Waals surface area (Å²) in [6.07, 6.45) is 3.91. The van der Waals surface area contributed by atoms with Crippen molar-refractivity contribution in [1.82, 2.24) is 14.8 Å². The first-order chi connectivity index (χ1) is 12.7. The lowest BCUT2D eigenvalue weighted by molar-refractivity contribution is -0.140. The lowest BCUT2D eigenvalue weighted by atomic mass is 9.83. The van der Waals surface area contributed by atoms with Crippen LogP contribution in [-0.4, -0.2) is 58.8 Å². The molecule has 2 fully saturated rings. The van der Waals surface area contributed by atoms with Gasteiger partial charge in [-0.3, -0.25) is 14.6 Å². The summed E-state index contributed by atoms with van der Waals surface area (Å²) in [6, 6.07) is 9.99. The SMILES string of the molecule is NCCN1C(=O)CC[C@H]2CN(C(=O)c3nccc4ccccc34)CC[C@H]21. The van der Waals surface area contributed by atoms with Gasteiger partial charge in [-0.15, -0.1) is 0 Å². The van der Waals surface area contributed by atoms with Crippen molar-refractivity contribution < 1.29 is 9.59 Å². The number of nitrogens with zero attached hydrogens (tertiary/aromatic N) is 3. The molecule has 26 heavy (non-hydrogen) atoms. The van der Waals surface area contributed by atoms with Gasteiger partial charge in [0.2, 0.25) is 5.91 Å². The minimum atomic E-state index is -0.0116. The monoisotopic (exact) mass is 352 g/mol. The molecule has 0 radical (unpaired) electrons. The molecule has 4 rings (SSSR count). The van der Waals surface area contributed by atoms with Crippen molar-refractivity contribution in [2.45, 2.75) is 25.3 Å². The van der Waals surface area contributed by atoms with Crippen LogP contribution in [0.4, 0.5) is 0 Å². The molecule has 3 heterocycles. The van der Waals surface area contributed by atoms with Crippen LogP contribution >= 0.6 is 0 Å². The molecular formula is C20H24N4O2. The van der Waals surface area contributed by atoms with Crippen molar-refractivity contribution in [2.24, 2.45) is 11.7 Å². The zero-order valence-corrected chi connectivity index (χ0v) is 14.8. The van der Waals surface area contributed by atoms with Crippen molar-refractivity contribution in [3.63, 3.8) is 0 Å². The van der Waals surface area contributed by atoms with Crippen LogP contribution in [0.1, 0.15) is 29.8 Å². The second-order valence-electron chi connectivity index (χ2n) is 7.16. The smallest absolute Gasteiger partial charge is 0.273 e. The molecule has 6 nitrogen and oxygen atoms in total. The maximum Gasteiger partial charge on any atom is 0.273 e. The summed E-state index contributed by atoms with van der Waals surface area (Å²) in [7, 11) is 0. The molecule has 0 saturated carbocycles. The van der Waals surface area contributed by atoms with Crippen LogP contribution in [0, 0.1) is 5.92 Å². The van der Waals surface area contributed by atoms with Crippen LogP contribution in [0.5, 0.6) is 0 Å². The Kier molecular flexibility index (Phi) is 4.59. The molecule has 2 amide bonds. The van der Waals surface area contributed by atoms with Crippen molar-refractivity contribution >= 4 is 22.6 Å². The van der Waals surface area contributed by atoms with Gasteiger partial charge in [-0.1, -0.05) is 24.3 Å². The number of hydrogen-bond acceptors (Lipinski definition) is 4. The number of carbonyl (C=O) groups excluding carboxylic acids is 2. The van der Waals surface area contributed by atoms with Gasteiger partial charge in [-0.25, -0.2) is 0 Å². The third-order valence-electron chi connectivity index (χ3n) is 5.68. The summed E-state index contributed by atoms with van der Waals surface area (Å²) in [5, 5.41) is 1.92. The van der Waals surface area contributed by atoms with Crippen molar-refractivity contribution in [2.75, 3.05) is 26.2 Å². The number of amides is 2. The van der Waals surface area contributed by atoms with Crippen molar-refractivity contribution in [1.29, 1.82) is 0 Å². The Morgan fingerprint density at radius 2 is 2.08 bits per heavy atom. The number of likely N-dealkylation sites (tertiary alicyclic amines) is 2. The predicted molar refractivity (Wildman–Crippen MR) is 99.5 cm³/mol. The minimum Gasteiger partial charge on any atom is -0.338 e. The zero-order chi connectivity index (χ0) is 18.1. The van der Waals surface area contributed by atoms with Gasteiger partial charge in [-0.2, -0.15) is 0 Å². The molecule has 0 spiro atoms. The lowest BCUT2D eigenvalue weighted by Gasteiger charge is -2.47. The number of pyridine rings is 1. The molecule has 1 aromatic carbocycles. The highest BCUT2D eigenvalue weighted by atomic mass is 16.2. The van der Waals surface area contributed by atoms with E-state index >= 15 is 0 Å². The molecule has 2 atom stereocenters. The molecule has 2 aliphatic rings. The molecule has 2 saturated heterocycles. The Balaban J connectivity index is 1.55. The largest absolute Gasteiger partial charge is 0.338 e. The zero-order valence-electron chi connectivity index (χ0n) is 14.8. The highest BCUT2D eigenvalue weighted by Gasteiger charge is 2.40. The Morgan fingerprint density at radius 1 is 1.23 bits per heavy atom. The van der Waals surface area contributed by atoms with Crippen LogP contribution in [0.2, 0.25) is 0 Å². The number of hydrogen-bond donors (Lipinski definition) is 1. The topological polar surface area (TPSA) is 79.5 Å². The second-order valence-corrected chi connectivity index (χ2v) is 7.16. The van der Waals surface area contributed by atoms with Crippen LogP contribution in [-0.2, 0) is 4.79 Å². The summed E-state index contributed by atoms with van der Waals surface area (Å²) in [5.41, 5.74) is 6.20. The average molecular weight is 352 g/mol. The number of piperidine rings is 2. The first kappa shape index (κ1) is 17.0. The quantitative estimate of drug-likeness (QED) is 0.911. The van der Waals surface area contributed by atoms with E-state index in [0.29, 0.717) is 44.2 Å². The first-order valence-corrected chi connectivity index (χ1v) is 9.31. The average Bonchev–Trinajstić information content (AvgIpc) is 2.69. The Bertz CT molecular complexity index is 832. The number of carbonyl (C=O) groups is 2. The summed E-state index contributed by atoms with van der Waals surface area (Å²) in [4.78, 5) is 33.5. The van der Waals surface area contributed by atoms with Gasteiger partial charge >= 0.3 is 0 Å². The van der Waals surface area contributed by atoms with E-state index in [2.05, 4.69) is 4.98 Å². The van der Waals surface area contributed by atoms with E-state index in [0.717, 1.165) is 23.6 Å². The minimum absolute atomic E-state index is 0.0116. The normalized spacial score (nSPS) is 23.2. The highest BCUT2D eigenvalue weighted by Crippen LogP contribution is 2.32. The van der Waals surface area contributed by atoms with Crippen LogP contribution < -0.4 is 5.73 Å². The Morgan fingerprint density at radius 3 is 2.92 bits per heavy atom. The predicted octanol–water partition coefficient (Wildman–Crippen LogP) is 1.65. The third kappa shape index (κ3) is 2.94. The summed E-state index contributed by atoms with van der Waals surface area (Å²) >= 11 is 0. The van der Waals surface area contributed by atoms with Gasteiger partial charge < -0.3 is 15.5 Å². The number of rotatable bonds is 3. The lowest BCUT2D eigenvalue weighted by Crippen LogP contribution is -2.57. The van der Waals surface area contributed by atoms with E-state index in [1.807, 2.05) is 40.1 Å². The van der Waals surface area contributed by atoms with E-state index in [-0.39, 0.29) is 17.9 Å². The number of benzene rings is 1. The van der Waals surface area contributed by atoms with Crippen LogP contribution in [0.3, 0.4) is 0 Å². The van der Waals surface area contributed by atoms with Gasteiger partial charge in [0.25, 0.3) is 5.91 Å². The molecule has 0 aliphatic carbocycles. The van der Waals surface area contributed by atoms with E-state index in [4.69, 9.17) is 5.73 Å². The molecule has 1 aromatic heterocycles. The summed E-state index contributed by atoms with van der Waals surface area (Å²) < 4.78 is 0. The van der Waals surface area contributed by atoms with Gasteiger partial charge in [-0.05, 0) is 30.2 Å². The molecule has 2 aromatic rings. The molecule has 0 unspecified atom stereocenters. The van der Waals surface area contributed by atoms with Crippen LogP contribution in [0.15, 0.2) is 36.5 Å². The van der Waals surface area contributed by atoms with Gasteiger partial charge in [0.1, 0.15) is 5.69 Å². The first-order valence-electron chi connectivity index (χ1n) is 9.31. The molecule has 136 valence electrons. The van der Waals surface area contributed by atoms with E-state index in [1.54, 1.807) is 6.20 Å². The van der Waals surface area contributed by atoms with E-state index in [1.165, 1.54) is 0 Å². The fourth-order valence-electron chi connectivity index (χ4n) is 4.41. The highest BCUT2D eigenvalue weighted by molar-refractivity contribution is 6.05. The maximum atomic E-state index is 13.1. The molecule has 6 heteroatoms. The molecule has 2 N–H and O–H groups in total. The number of fused-ring (bicyclic) bond motifs is 2. The summed E-state index contributed by atoms with van der Waals surface area (Å²) in [6.45, 7) is 2.43. The third-order valence-corrected chi connectivity index (χ3v) is 5.68. The molecule has 2 aliphatic heterocycles. The molecule has 0 bridgehead atoms. The Hall–Kier alpha value is -2.47. The van der Waals surface area contributed by atoms with Gasteiger partial charge in [0.05, 0.1) is 0 Å².